The molecule has 0 radical (unpaired) electrons. The van der Waals surface area contributed by atoms with E-state index in [1.807, 2.05) is 33.8 Å². The zero-order chi connectivity index (χ0) is 13.6. The molecule has 1 heterocycles. The second kappa shape index (κ2) is 4.01. The van der Waals surface area contributed by atoms with E-state index in [0.29, 0.717) is 5.46 Å². The van der Waals surface area contributed by atoms with Gasteiger partial charge in [-0.3, -0.25) is 0 Å². The summed E-state index contributed by atoms with van der Waals surface area (Å²) in [5, 5.41) is 18.4. The largest absolute Gasteiger partial charge is 0.507 e. The monoisotopic (exact) mass is 245 g/mol. The molecule has 2 rings (SSSR count). The van der Waals surface area contributed by atoms with Gasteiger partial charge in [0.15, 0.2) is 0 Å². The van der Waals surface area contributed by atoms with Gasteiger partial charge in [-0.2, -0.15) is 5.26 Å². The van der Waals surface area contributed by atoms with Gasteiger partial charge in [-0.25, -0.2) is 0 Å². The van der Waals surface area contributed by atoms with E-state index >= 15 is 0 Å². The van der Waals surface area contributed by atoms with Crippen molar-refractivity contribution in [3.05, 3.63) is 23.8 Å². The van der Waals surface area contributed by atoms with Gasteiger partial charge in [0.05, 0.1) is 16.8 Å². The van der Waals surface area contributed by atoms with Crippen LogP contribution in [0.4, 0.5) is 0 Å². The van der Waals surface area contributed by atoms with Crippen molar-refractivity contribution in [1.82, 2.24) is 0 Å². The first kappa shape index (κ1) is 12.9. The molecule has 18 heavy (non-hydrogen) atoms. The molecule has 1 N–H and O–H groups in total. The second-order valence-electron chi connectivity index (χ2n) is 5.48. The fourth-order valence-corrected chi connectivity index (χ4v) is 1.77. The summed E-state index contributed by atoms with van der Waals surface area (Å²) in [7, 11) is -0.520. The molecule has 94 valence electrons. The summed E-state index contributed by atoms with van der Waals surface area (Å²) in [5.41, 5.74) is 0.128. The Morgan fingerprint density at radius 2 is 1.72 bits per heavy atom. The summed E-state index contributed by atoms with van der Waals surface area (Å²) in [5.74, 6) is -0.0512. The van der Waals surface area contributed by atoms with Crippen molar-refractivity contribution >= 4 is 12.6 Å². The van der Waals surface area contributed by atoms with Gasteiger partial charge in [-0.05, 0) is 45.3 Å². The van der Waals surface area contributed by atoms with Gasteiger partial charge in [0.25, 0.3) is 0 Å². The van der Waals surface area contributed by atoms with E-state index in [1.54, 1.807) is 12.1 Å². The van der Waals surface area contributed by atoms with Crippen molar-refractivity contribution in [2.75, 3.05) is 0 Å². The Morgan fingerprint density at radius 3 is 2.17 bits per heavy atom. The number of hydrogen-bond acceptors (Lipinski definition) is 4. The third-order valence-electron chi connectivity index (χ3n) is 3.67. The standard InChI is InChI=1S/C13H16BNO3/c1-12(2)13(3,4)18-14(17-12)10-6-5-9(8-15)11(16)7-10/h5-7,16H,1-4H3. The summed E-state index contributed by atoms with van der Waals surface area (Å²) in [6, 6.07) is 6.73. The van der Waals surface area contributed by atoms with Crippen molar-refractivity contribution in [3.8, 4) is 11.8 Å². The van der Waals surface area contributed by atoms with Crippen LogP contribution in [-0.2, 0) is 9.31 Å². The Kier molecular flexibility index (Phi) is 2.88. The van der Waals surface area contributed by atoms with E-state index < -0.39 is 18.3 Å². The van der Waals surface area contributed by atoms with E-state index in [2.05, 4.69) is 0 Å². The second-order valence-corrected chi connectivity index (χ2v) is 5.48. The normalized spacial score (nSPS) is 20.7. The van der Waals surface area contributed by atoms with E-state index in [1.165, 1.54) is 6.07 Å². The minimum Gasteiger partial charge on any atom is -0.507 e. The van der Waals surface area contributed by atoms with Crippen LogP contribution in [0.25, 0.3) is 0 Å². The van der Waals surface area contributed by atoms with Gasteiger partial charge < -0.3 is 14.4 Å². The van der Waals surface area contributed by atoms with Crippen LogP contribution in [0.3, 0.4) is 0 Å². The van der Waals surface area contributed by atoms with Crippen molar-refractivity contribution in [2.24, 2.45) is 0 Å². The fourth-order valence-electron chi connectivity index (χ4n) is 1.77. The molecule has 1 aliphatic rings. The predicted molar refractivity (Wildman–Crippen MR) is 68.5 cm³/mol. The number of aromatic hydroxyl groups is 1. The number of nitrogens with zero attached hydrogens (tertiary/aromatic N) is 1. The summed E-state index contributed by atoms with van der Waals surface area (Å²) in [6.07, 6.45) is 0. The average Bonchev–Trinajstić information content (AvgIpc) is 2.48. The van der Waals surface area contributed by atoms with Crippen LogP contribution in [0.2, 0.25) is 0 Å². The number of rotatable bonds is 1. The topological polar surface area (TPSA) is 62.5 Å². The first-order valence-electron chi connectivity index (χ1n) is 5.85. The Balaban J connectivity index is 2.31. The number of nitriles is 1. The summed E-state index contributed by atoms with van der Waals surface area (Å²) < 4.78 is 11.7. The lowest BCUT2D eigenvalue weighted by Crippen LogP contribution is -2.41. The number of phenolic OH excluding ortho intramolecular Hbond substituents is 1. The molecule has 0 atom stereocenters. The zero-order valence-electron chi connectivity index (χ0n) is 11.0. The lowest BCUT2D eigenvalue weighted by atomic mass is 9.78. The van der Waals surface area contributed by atoms with Crippen molar-refractivity contribution in [1.29, 1.82) is 5.26 Å². The first-order chi connectivity index (χ1) is 8.27. The van der Waals surface area contributed by atoms with Gasteiger partial charge in [0.1, 0.15) is 11.8 Å². The van der Waals surface area contributed by atoms with Gasteiger partial charge >= 0.3 is 7.12 Å². The quantitative estimate of drug-likeness (QED) is 0.762. The molecule has 5 heteroatoms. The highest BCUT2D eigenvalue weighted by Gasteiger charge is 2.51. The average molecular weight is 245 g/mol. The first-order valence-corrected chi connectivity index (χ1v) is 5.85. The van der Waals surface area contributed by atoms with Crippen LogP contribution in [-0.4, -0.2) is 23.4 Å². The number of benzene rings is 1. The van der Waals surface area contributed by atoms with Crippen molar-refractivity contribution in [2.45, 2.75) is 38.9 Å². The molecule has 0 aliphatic carbocycles. The van der Waals surface area contributed by atoms with Crippen molar-refractivity contribution in [3.63, 3.8) is 0 Å². The van der Waals surface area contributed by atoms with Crippen LogP contribution in [0.5, 0.6) is 5.75 Å². The smallest absolute Gasteiger partial charge is 0.494 e. The van der Waals surface area contributed by atoms with Gasteiger partial charge in [-0.1, -0.05) is 6.07 Å². The molecule has 0 unspecified atom stereocenters. The van der Waals surface area contributed by atoms with Crippen LogP contribution in [0.1, 0.15) is 33.3 Å². The summed E-state index contributed by atoms with van der Waals surface area (Å²) >= 11 is 0. The van der Waals surface area contributed by atoms with Crippen LogP contribution in [0, 0.1) is 11.3 Å². The van der Waals surface area contributed by atoms with Gasteiger partial charge in [0.2, 0.25) is 0 Å². The molecule has 0 spiro atoms. The Bertz CT molecular complexity index is 503. The minimum absolute atomic E-state index is 0.0512. The Hall–Kier alpha value is -1.51. The lowest BCUT2D eigenvalue weighted by Gasteiger charge is -2.32. The highest BCUT2D eigenvalue weighted by atomic mass is 16.7. The molecular weight excluding hydrogens is 229 g/mol. The Labute approximate surface area is 107 Å². The molecule has 1 saturated heterocycles. The van der Waals surface area contributed by atoms with E-state index in [-0.39, 0.29) is 11.3 Å². The minimum atomic E-state index is -0.520. The van der Waals surface area contributed by atoms with E-state index in [4.69, 9.17) is 14.6 Å². The maximum absolute atomic E-state index is 9.68. The van der Waals surface area contributed by atoms with E-state index in [0.717, 1.165) is 0 Å². The summed E-state index contributed by atoms with van der Waals surface area (Å²) in [6.45, 7) is 7.88. The van der Waals surface area contributed by atoms with E-state index in [9.17, 15) is 5.11 Å². The molecule has 0 saturated carbocycles. The van der Waals surface area contributed by atoms with Gasteiger partial charge in [-0.15, -0.1) is 0 Å². The van der Waals surface area contributed by atoms with Crippen molar-refractivity contribution < 1.29 is 14.4 Å². The molecule has 1 aliphatic heterocycles. The number of hydrogen-bond donors (Lipinski definition) is 1. The Morgan fingerprint density at radius 1 is 1.17 bits per heavy atom. The third-order valence-corrected chi connectivity index (χ3v) is 3.67. The molecule has 0 bridgehead atoms. The molecule has 0 aromatic heterocycles. The highest BCUT2D eigenvalue weighted by molar-refractivity contribution is 6.62. The molecule has 1 fully saturated rings. The van der Waals surface area contributed by atoms with Crippen LogP contribution in [0.15, 0.2) is 18.2 Å². The molecule has 4 nitrogen and oxygen atoms in total. The zero-order valence-corrected chi connectivity index (χ0v) is 11.0. The highest BCUT2D eigenvalue weighted by Crippen LogP contribution is 2.36. The molecule has 1 aromatic rings. The predicted octanol–water partition coefficient (Wildman–Crippen LogP) is 1.56. The third kappa shape index (κ3) is 1.98. The molecule has 0 amide bonds. The molecule has 1 aromatic carbocycles. The SMILES string of the molecule is CC1(C)OB(c2ccc(C#N)c(O)c2)OC1(C)C. The van der Waals surface area contributed by atoms with Gasteiger partial charge in [0, 0.05) is 0 Å². The molecular formula is C13H16BNO3. The van der Waals surface area contributed by atoms with Crippen LogP contribution < -0.4 is 5.46 Å². The maximum atomic E-state index is 9.68. The van der Waals surface area contributed by atoms with Crippen LogP contribution >= 0.6 is 0 Å². The lowest BCUT2D eigenvalue weighted by molar-refractivity contribution is 0.00578. The fraction of sp³-hybridized carbons (Fsp3) is 0.462. The number of phenols is 1. The summed E-state index contributed by atoms with van der Waals surface area (Å²) in [4.78, 5) is 0. The maximum Gasteiger partial charge on any atom is 0.494 e.